The first-order chi connectivity index (χ1) is 14.2. The molecule has 2 unspecified atom stereocenters. The van der Waals surface area contributed by atoms with E-state index in [2.05, 4.69) is 28.1 Å². The first kappa shape index (κ1) is 39.4. The number of rotatable bonds is 8. The van der Waals surface area contributed by atoms with Crippen LogP contribution in [0.4, 0.5) is 5.82 Å². The number of aliphatic hydroxyl groups is 2. The summed E-state index contributed by atoms with van der Waals surface area (Å²) in [4.78, 5) is 54.9. The molecule has 1 saturated heterocycles. The van der Waals surface area contributed by atoms with Crippen LogP contribution < -0.4 is 133 Å². The summed E-state index contributed by atoms with van der Waals surface area (Å²) in [6, 6.07) is 0. The molecule has 0 spiro atoms. The third kappa shape index (κ3) is 10.6. The van der Waals surface area contributed by atoms with Gasteiger partial charge >= 0.3 is 108 Å². The summed E-state index contributed by atoms with van der Waals surface area (Å²) in [5, 5.41) is 20.3. The fourth-order valence-electron chi connectivity index (χ4n) is 2.60. The smallest absolute Gasteiger partial charge is 0.790 e. The van der Waals surface area contributed by atoms with Crippen LogP contribution in [-0.4, -0.2) is 54.7 Å². The molecule has 25 heteroatoms. The van der Waals surface area contributed by atoms with Gasteiger partial charge < -0.3 is 49.3 Å². The molecule has 2 aromatic heterocycles. The van der Waals surface area contributed by atoms with Crippen molar-refractivity contribution in [3.05, 3.63) is 12.7 Å². The Morgan fingerprint density at radius 1 is 1.00 bits per heavy atom. The Morgan fingerprint density at radius 2 is 1.60 bits per heavy atom. The maximum atomic E-state index is 11.6. The van der Waals surface area contributed by atoms with E-state index in [1.165, 1.54) is 4.57 Å². The number of nitrogen functional groups attached to an aromatic ring is 1. The number of hydrogen-bond donors (Lipinski definition) is 3. The quantitative estimate of drug-likeness (QED) is 0.193. The van der Waals surface area contributed by atoms with E-state index in [4.69, 9.17) is 10.5 Å². The van der Waals surface area contributed by atoms with E-state index in [0.717, 1.165) is 12.7 Å². The van der Waals surface area contributed by atoms with Crippen molar-refractivity contribution in [3.63, 3.8) is 0 Å². The van der Waals surface area contributed by atoms with E-state index in [0.29, 0.717) is 0 Å². The Hall–Kier alpha value is 2.24. The summed E-state index contributed by atoms with van der Waals surface area (Å²) < 4.78 is 50.2. The monoisotopic (exact) mass is 579 g/mol. The summed E-state index contributed by atoms with van der Waals surface area (Å²) in [5.74, 6) is 0.0195. The summed E-state index contributed by atoms with van der Waals surface area (Å²) in [5.41, 5.74) is 5.92. The van der Waals surface area contributed by atoms with Crippen molar-refractivity contribution in [3.8, 4) is 0 Å². The molecule has 18 nitrogen and oxygen atoms in total. The van der Waals surface area contributed by atoms with Crippen molar-refractivity contribution in [1.29, 1.82) is 0 Å². The molecule has 0 amide bonds. The molecule has 4 N–H and O–H groups in total. The van der Waals surface area contributed by atoms with Crippen molar-refractivity contribution in [2.45, 2.75) is 24.5 Å². The third-order valence-corrected chi connectivity index (χ3v) is 7.46. The van der Waals surface area contributed by atoms with Gasteiger partial charge in [-0.1, -0.05) is 0 Å². The van der Waals surface area contributed by atoms with Gasteiger partial charge in [0.1, 0.15) is 30.2 Å². The molecule has 35 heavy (non-hydrogen) atoms. The molecule has 6 atom stereocenters. The fourth-order valence-corrected chi connectivity index (χ4v) is 5.47. The van der Waals surface area contributed by atoms with Gasteiger partial charge in [0.05, 0.1) is 20.8 Å². The van der Waals surface area contributed by atoms with Crippen LogP contribution in [0.3, 0.4) is 0 Å². The second-order valence-corrected chi connectivity index (χ2v) is 10.2. The van der Waals surface area contributed by atoms with Gasteiger partial charge in [0.2, 0.25) is 0 Å². The number of phosphoric ester groups is 1. The molecule has 1 aliphatic heterocycles. The number of hydrogen-bond acceptors (Lipinski definition) is 17. The van der Waals surface area contributed by atoms with E-state index >= 15 is 0 Å². The zero-order chi connectivity index (χ0) is 23.2. The van der Waals surface area contributed by atoms with Crippen LogP contribution in [-0.2, 0) is 31.6 Å². The van der Waals surface area contributed by atoms with Crippen LogP contribution >= 0.6 is 23.5 Å². The molecule has 3 heterocycles. The maximum Gasteiger partial charge on any atom is 1.00 e. The van der Waals surface area contributed by atoms with Crippen molar-refractivity contribution in [1.82, 2.24) is 19.5 Å². The molecule has 0 radical (unpaired) electrons. The van der Waals surface area contributed by atoms with Gasteiger partial charge in [0.15, 0.2) is 17.7 Å². The second kappa shape index (κ2) is 15.3. The number of imidazole rings is 1. The van der Waals surface area contributed by atoms with E-state index in [1.54, 1.807) is 0 Å². The van der Waals surface area contributed by atoms with Crippen LogP contribution in [0, 0.1) is 0 Å². The van der Waals surface area contributed by atoms with Gasteiger partial charge in [-0.05, 0) is 0 Å². The predicted octanol–water partition coefficient (Wildman–Crippen LogP) is -16.1. The second-order valence-electron chi connectivity index (χ2n) is 5.93. The van der Waals surface area contributed by atoms with E-state index < -0.39 is 54.6 Å². The van der Waals surface area contributed by atoms with E-state index in [-0.39, 0.29) is 125 Å². The molecule has 2 aromatic rings. The number of aliphatic hydroxyl groups excluding tert-OH is 2. The zero-order valence-electron chi connectivity index (χ0n) is 18.8. The summed E-state index contributed by atoms with van der Waals surface area (Å²) in [6.07, 6.45) is -3.99. The van der Waals surface area contributed by atoms with Crippen LogP contribution in [0.1, 0.15) is 6.23 Å². The van der Waals surface area contributed by atoms with E-state index in [9.17, 15) is 43.5 Å². The Labute approximate surface area is 275 Å². The SMILES string of the molecule is Nc1ncnc2c1ncn2[C@@H]1O[C@H](COP(=O)([O-])OP(=O)([O-])OP(=O)([O-])[O-])[C@@H](O)[C@H]1O.[Li+].[Na+].[Na+].[Na+]. The Kier molecular flexibility index (Phi) is 17.2. The van der Waals surface area contributed by atoms with Gasteiger partial charge in [-0.25, -0.2) is 19.3 Å². The normalized spacial score (nSPS) is 25.2. The average Bonchev–Trinajstić information content (AvgIpc) is 3.13. The summed E-state index contributed by atoms with van der Waals surface area (Å²) in [7, 11) is -18.1. The summed E-state index contributed by atoms with van der Waals surface area (Å²) in [6.45, 7) is -1.08. The Morgan fingerprint density at radius 3 is 2.17 bits per heavy atom. The minimum atomic E-state index is -6.14. The van der Waals surface area contributed by atoms with Crippen molar-refractivity contribution < 1.29 is 169 Å². The average molecular weight is 579 g/mol. The van der Waals surface area contributed by atoms with Gasteiger partial charge in [-0.15, -0.1) is 0 Å². The molecule has 1 aliphatic rings. The standard InChI is InChI=1S/C10H16N5O13P3.Li.3Na/c11-8-5-9(13-2-12-8)15(3-14-5)10-7(17)6(16)4(26-10)1-25-30(21,22)28-31(23,24)27-29(18,19)20;;;;/h2-4,6-7,10,16-17H,1H2,(H,21,22)(H,23,24)(H2,11,12,13)(H2,18,19,20);;;;/q;4*+1/p-4/t4-,6-,7-,10-;;;;/m1..../s1. The van der Waals surface area contributed by atoms with Crippen LogP contribution in [0.15, 0.2) is 12.7 Å². The molecule has 0 aliphatic carbocycles. The number of nitrogens with two attached hydrogens (primary N) is 1. The van der Waals surface area contributed by atoms with Crippen molar-refractivity contribution in [2.75, 3.05) is 12.3 Å². The van der Waals surface area contributed by atoms with E-state index in [1.807, 2.05) is 0 Å². The van der Waals surface area contributed by atoms with Gasteiger partial charge in [0, 0.05) is 0 Å². The number of ether oxygens (including phenoxy) is 1. The molecular formula is C10H12LiN5Na3O13P3. The van der Waals surface area contributed by atoms with Crippen molar-refractivity contribution in [2.24, 2.45) is 0 Å². The largest absolute Gasteiger partial charge is 1.00 e. The predicted molar refractivity (Wildman–Crippen MR) is 86.6 cm³/mol. The number of anilines is 1. The fraction of sp³-hybridized carbons (Fsp3) is 0.500. The molecule has 3 rings (SSSR count). The minimum absolute atomic E-state index is 0. The van der Waals surface area contributed by atoms with Gasteiger partial charge in [-0.3, -0.25) is 18.0 Å². The van der Waals surface area contributed by atoms with Crippen LogP contribution in [0.2, 0.25) is 0 Å². The topological polar surface area (TPSA) is 290 Å². The number of aromatic nitrogens is 4. The molecular weight excluding hydrogens is 567 g/mol. The Balaban J connectivity index is 0. The van der Waals surface area contributed by atoms with Gasteiger partial charge in [0.25, 0.3) is 15.6 Å². The van der Waals surface area contributed by atoms with Gasteiger partial charge in [-0.2, -0.15) is 0 Å². The van der Waals surface area contributed by atoms with Crippen LogP contribution in [0.5, 0.6) is 0 Å². The zero-order valence-corrected chi connectivity index (χ0v) is 27.4. The van der Waals surface area contributed by atoms with Crippen molar-refractivity contribution >= 4 is 40.4 Å². The van der Waals surface area contributed by atoms with Crippen LogP contribution in [0.25, 0.3) is 11.2 Å². The molecule has 174 valence electrons. The molecule has 0 aromatic carbocycles. The number of phosphoric acid groups is 3. The third-order valence-electron chi connectivity index (χ3n) is 3.80. The molecule has 0 saturated carbocycles. The maximum absolute atomic E-state index is 11.6. The summed E-state index contributed by atoms with van der Waals surface area (Å²) >= 11 is 0. The number of nitrogens with zero attached hydrogens (tertiary/aromatic N) is 4. The minimum Gasteiger partial charge on any atom is -0.790 e. The first-order valence-corrected chi connectivity index (χ1v) is 12.2. The number of fused-ring (bicyclic) bond motifs is 1. The molecule has 0 bridgehead atoms. The molecule has 1 fully saturated rings. The Bertz CT molecular complexity index is 1130. The first-order valence-electron chi connectivity index (χ1n) is 7.85.